The summed E-state index contributed by atoms with van der Waals surface area (Å²) in [7, 11) is -0.966. The van der Waals surface area contributed by atoms with Crippen molar-refractivity contribution in [3.05, 3.63) is 12.2 Å². The molecule has 0 nitrogen and oxygen atoms in total. The monoisotopic (exact) mass is 258 g/mol. The van der Waals surface area contributed by atoms with Crippen LogP contribution in [-0.2, 0) is 0 Å². The number of unbranched alkanes of at least 4 members (excludes halogenated alkanes) is 3. The molecule has 0 aliphatic rings. The SMILES string of the molecule is CC=CC[PH](CCCC)(CCCC)CCCC. The molecular formula is C16H35P. The normalized spacial score (nSPS) is 13.4. The van der Waals surface area contributed by atoms with Crippen LogP contribution in [0.4, 0.5) is 0 Å². The van der Waals surface area contributed by atoms with E-state index in [-0.39, 0.29) is 0 Å². The summed E-state index contributed by atoms with van der Waals surface area (Å²) in [6, 6.07) is 0. The van der Waals surface area contributed by atoms with Crippen molar-refractivity contribution >= 4 is 7.26 Å². The first-order chi connectivity index (χ1) is 8.24. The standard InChI is InChI=1S/C16H35P/c1-5-9-13-17(14-10-6-2,15-11-7-3)16-12-8-4/h5,9,17H,6-8,10-16H2,1-4H3. The Hall–Kier alpha value is 0.170. The molecule has 0 N–H and O–H groups in total. The zero-order valence-electron chi connectivity index (χ0n) is 12.7. The zero-order valence-corrected chi connectivity index (χ0v) is 13.7. The fraction of sp³-hybridized carbons (Fsp3) is 0.875. The minimum absolute atomic E-state index is 0.966. The van der Waals surface area contributed by atoms with Crippen molar-refractivity contribution < 1.29 is 0 Å². The topological polar surface area (TPSA) is 0 Å². The molecule has 0 heterocycles. The van der Waals surface area contributed by atoms with Crippen molar-refractivity contribution in [2.45, 2.75) is 66.2 Å². The van der Waals surface area contributed by atoms with Crippen LogP contribution in [0.3, 0.4) is 0 Å². The van der Waals surface area contributed by atoms with Crippen LogP contribution >= 0.6 is 7.26 Å². The molecule has 0 fully saturated rings. The van der Waals surface area contributed by atoms with Gasteiger partial charge in [0.25, 0.3) is 0 Å². The first-order valence-electron chi connectivity index (χ1n) is 7.85. The van der Waals surface area contributed by atoms with E-state index in [0.29, 0.717) is 0 Å². The maximum absolute atomic E-state index is 2.47. The number of hydrogen-bond donors (Lipinski definition) is 0. The molecular weight excluding hydrogens is 223 g/mol. The second-order valence-corrected chi connectivity index (χ2v) is 10.5. The molecule has 0 saturated carbocycles. The van der Waals surface area contributed by atoms with Gasteiger partial charge in [0.2, 0.25) is 0 Å². The molecule has 1 heteroatoms. The van der Waals surface area contributed by atoms with E-state index in [2.05, 4.69) is 39.8 Å². The van der Waals surface area contributed by atoms with Crippen molar-refractivity contribution in [2.24, 2.45) is 0 Å². The van der Waals surface area contributed by atoms with Gasteiger partial charge in [-0.25, -0.2) is 0 Å². The predicted octanol–water partition coefficient (Wildman–Crippen LogP) is 5.71. The molecule has 0 aromatic rings. The second-order valence-electron chi connectivity index (χ2n) is 5.58. The quantitative estimate of drug-likeness (QED) is 0.329. The summed E-state index contributed by atoms with van der Waals surface area (Å²) >= 11 is 0. The van der Waals surface area contributed by atoms with Crippen LogP contribution in [0.1, 0.15) is 66.2 Å². The predicted molar refractivity (Wildman–Crippen MR) is 87.3 cm³/mol. The van der Waals surface area contributed by atoms with Gasteiger partial charge in [0.05, 0.1) is 0 Å². The van der Waals surface area contributed by atoms with E-state index < -0.39 is 7.26 Å². The fourth-order valence-electron chi connectivity index (χ4n) is 2.70. The third-order valence-corrected chi connectivity index (χ3v) is 9.31. The Balaban J connectivity index is 4.50. The van der Waals surface area contributed by atoms with Gasteiger partial charge in [-0.3, -0.25) is 0 Å². The van der Waals surface area contributed by atoms with Crippen LogP contribution in [0, 0.1) is 0 Å². The van der Waals surface area contributed by atoms with Crippen LogP contribution in [0.5, 0.6) is 0 Å². The van der Waals surface area contributed by atoms with Crippen LogP contribution in [0.2, 0.25) is 0 Å². The maximum atomic E-state index is 2.47. The third kappa shape index (κ3) is 7.98. The number of allylic oxidation sites excluding steroid dienone is 2. The number of hydrogen-bond acceptors (Lipinski definition) is 0. The molecule has 0 bridgehead atoms. The zero-order chi connectivity index (χ0) is 13.0. The second kappa shape index (κ2) is 11.3. The van der Waals surface area contributed by atoms with E-state index in [1.807, 2.05) is 0 Å². The molecule has 17 heavy (non-hydrogen) atoms. The molecule has 0 aliphatic carbocycles. The first-order valence-corrected chi connectivity index (χ1v) is 10.7. The van der Waals surface area contributed by atoms with Gasteiger partial charge in [0.15, 0.2) is 0 Å². The molecule has 0 atom stereocenters. The summed E-state index contributed by atoms with van der Waals surface area (Å²) < 4.78 is 0. The van der Waals surface area contributed by atoms with Crippen molar-refractivity contribution in [2.75, 3.05) is 24.6 Å². The van der Waals surface area contributed by atoms with Crippen LogP contribution < -0.4 is 0 Å². The Morgan fingerprint density at radius 3 is 1.47 bits per heavy atom. The van der Waals surface area contributed by atoms with Crippen LogP contribution in [0.15, 0.2) is 12.2 Å². The number of rotatable bonds is 11. The first kappa shape index (κ1) is 17.2. The van der Waals surface area contributed by atoms with Crippen LogP contribution in [0.25, 0.3) is 0 Å². The van der Waals surface area contributed by atoms with Gasteiger partial charge < -0.3 is 0 Å². The van der Waals surface area contributed by atoms with Gasteiger partial charge in [-0.1, -0.05) is 0 Å². The van der Waals surface area contributed by atoms with Gasteiger partial charge >= 0.3 is 110 Å². The molecule has 0 aromatic heterocycles. The fourth-order valence-corrected chi connectivity index (χ4v) is 8.11. The summed E-state index contributed by atoms with van der Waals surface area (Å²) in [6.45, 7) is 9.20. The van der Waals surface area contributed by atoms with E-state index in [9.17, 15) is 0 Å². The summed E-state index contributed by atoms with van der Waals surface area (Å²) in [4.78, 5) is 0. The van der Waals surface area contributed by atoms with Crippen molar-refractivity contribution in [3.8, 4) is 0 Å². The van der Waals surface area contributed by atoms with Crippen molar-refractivity contribution in [1.29, 1.82) is 0 Å². The van der Waals surface area contributed by atoms with E-state index in [0.717, 1.165) is 0 Å². The van der Waals surface area contributed by atoms with Gasteiger partial charge in [-0.05, 0) is 0 Å². The molecule has 0 unspecified atom stereocenters. The molecule has 0 rings (SSSR count). The Bertz CT molecular complexity index is 162. The Labute approximate surface area is 111 Å². The average Bonchev–Trinajstić information content (AvgIpc) is 2.37. The summed E-state index contributed by atoms with van der Waals surface area (Å²) in [5.74, 6) is 0. The molecule has 0 radical (unpaired) electrons. The Morgan fingerprint density at radius 1 is 0.765 bits per heavy atom. The van der Waals surface area contributed by atoms with Crippen molar-refractivity contribution in [1.82, 2.24) is 0 Å². The van der Waals surface area contributed by atoms with Crippen molar-refractivity contribution in [3.63, 3.8) is 0 Å². The van der Waals surface area contributed by atoms with E-state index >= 15 is 0 Å². The minimum atomic E-state index is -0.966. The Morgan fingerprint density at radius 2 is 1.18 bits per heavy atom. The molecule has 0 aliphatic heterocycles. The Kier molecular flexibility index (Phi) is 11.4. The molecule has 0 amide bonds. The summed E-state index contributed by atoms with van der Waals surface area (Å²) in [5, 5.41) is 0. The van der Waals surface area contributed by atoms with Crippen LogP contribution in [-0.4, -0.2) is 24.6 Å². The average molecular weight is 258 g/mol. The summed E-state index contributed by atoms with van der Waals surface area (Å²) in [6.07, 6.45) is 19.5. The summed E-state index contributed by atoms with van der Waals surface area (Å²) in [5.41, 5.74) is 0. The molecule has 0 saturated heterocycles. The van der Waals surface area contributed by atoms with E-state index in [1.165, 1.54) is 44.7 Å². The van der Waals surface area contributed by atoms with Gasteiger partial charge in [-0.15, -0.1) is 0 Å². The molecule has 104 valence electrons. The van der Waals surface area contributed by atoms with E-state index in [4.69, 9.17) is 0 Å². The molecule has 0 aromatic carbocycles. The van der Waals surface area contributed by atoms with Gasteiger partial charge in [0, 0.05) is 0 Å². The third-order valence-electron chi connectivity index (χ3n) is 3.97. The van der Waals surface area contributed by atoms with E-state index in [1.54, 1.807) is 18.5 Å². The van der Waals surface area contributed by atoms with Gasteiger partial charge in [-0.2, -0.15) is 0 Å². The van der Waals surface area contributed by atoms with Gasteiger partial charge in [0.1, 0.15) is 0 Å². The molecule has 0 spiro atoms.